The Balaban J connectivity index is 1.99. The van der Waals surface area contributed by atoms with Gasteiger partial charge in [0.05, 0.1) is 6.10 Å². The minimum atomic E-state index is -0.163. The van der Waals surface area contributed by atoms with E-state index in [1.165, 1.54) is 6.39 Å². The topological polar surface area (TPSA) is 62.4 Å². The van der Waals surface area contributed by atoms with E-state index < -0.39 is 0 Å². The van der Waals surface area contributed by atoms with Crippen molar-refractivity contribution in [2.24, 2.45) is 0 Å². The molecule has 0 amide bonds. The molecule has 0 saturated carbocycles. The summed E-state index contributed by atoms with van der Waals surface area (Å²) >= 11 is 0. The number of hydrogen-bond acceptors (Lipinski definition) is 5. The van der Waals surface area contributed by atoms with Gasteiger partial charge in [0.25, 0.3) is 0 Å². The first-order chi connectivity index (χ1) is 5.86. The Morgan fingerprint density at radius 2 is 2.25 bits per heavy atom. The van der Waals surface area contributed by atoms with Crippen molar-refractivity contribution in [3.8, 4) is 0 Å². The summed E-state index contributed by atoms with van der Waals surface area (Å²) in [4.78, 5) is 1.99. The maximum atomic E-state index is 9.23. The third-order valence-electron chi connectivity index (χ3n) is 2.08. The second kappa shape index (κ2) is 3.10. The second-order valence-corrected chi connectivity index (χ2v) is 2.94. The van der Waals surface area contributed by atoms with Crippen LogP contribution in [0.2, 0.25) is 0 Å². The molecule has 0 radical (unpaired) electrons. The van der Waals surface area contributed by atoms with Gasteiger partial charge in [-0.1, -0.05) is 5.10 Å². The molecule has 0 atom stereocenters. The van der Waals surface area contributed by atoms with Crippen LogP contribution in [0.5, 0.6) is 0 Å². The quantitative estimate of drug-likeness (QED) is 0.642. The van der Waals surface area contributed by atoms with Gasteiger partial charge in [0, 0.05) is 13.1 Å². The van der Waals surface area contributed by atoms with Gasteiger partial charge in [0.1, 0.15) is 0 Å². The molecule has 0 bridgehead atoms. The molecule has 1 aromatic rings. The minimum absolute atomic E-state index is 0.163. The fourth-order valence-electron chi connectivity index (χ4n) is 1.36. The van der Waals surface area contributed by atoms with Crippen molar-refractivity contribution >= 4 is 6.01 Å². The summed E-state index contributed by atoms with van der Waals surface area (Å²) in [5.74, 6) is 0. The summed E-state index contributed by atoms with van der Waals surface area (Å²) < 4.78 is 5.03. The van der Waals surface area contributed by atoms with Crippen LogP contribution in [0, 0.1) is 0 Å². The molecule has 1 saturated heterocycles. The van der Waals surface area contributed by atoms with Gasteiger partial charge in [0.15, 0.2) is 0 Å². The predicted octanol–water partition coefficient (Wildman–Crippen LogP) is 0.0307. The minimum Gasteiger partial charge on any atom is -0.411 e. The summed E-state index contributed by atoms with van der Waals surface area (Å²) in [5.41, 5.74) is 0. The van der Waals surface area contributed by atoms with Gasteiger partial charge in [-0.05, 0) is 12.8 Å². The van der Waals surface area contributed by atoms with Gasteiger partial charge in [-0.15, -0.1) is 5.10 Å². The molecule has 5 nitrogen and oxygen atoms in total. The monoisotopic (exact) mass is 169 g/mol. The Hall–Kier alpha value is -1.10. The van der Waals surface area contributed by atoms with Crippen molar-refractivity contribution in [2.45, 2.75) is 18.9 Å². The molecule has 66 valence electrons. The molecule has 1 aliphatic rings. The lowest BCUT2D eigenvalue weighted by molar-refractivity contribution is 0.144. The standard InChI is InChI=1S/C7H11N3O2/c11-6-1-3-10(4-2-6)7-9-8-5-12-7/h5-6,11H,1-4H2. The number of rotatable bonds is 1. The molecule has 1 N–H and O–H groups in total. The van der Waals surface area contributed by atoms with Gasteiger partial charge < -0.3 is 14.4 Å². The lowest BCUT2D eigenvalue weighted by atomic mass is 10.1. The van der Waals surface area contributed by atoms with E-state index in [1.54, 1.807) is 0 Å². The summed E-state index contributed by atoms with van der Waals surface area (Å²) in [5, 5.41) is 16.6. The summed E-state index contributed by atoms with van der Waals surface area (Å²) in [6.07, 6.45) is 2.72. The van der Waals surface area contributed by atoms with Crippen LogP contribution in [0.1, 0.15) is 12.8 Å². The van der Waals surface area contributed by atoms with Crippen LogP contribution in [0.3, 0.4) is 0 Å². The SMILES string of the molecule is OC1CCN(c2nnco2)CC1. The molecular formula is C7H11N3O2. The van der Waals surface area contributed by atoms with E-state index >= 15 is 0 Å². The largest absolute Gasteiger partial charge is 0.411 e. The summed E-state index contributed by atoms with van der Waals surface area (Å²) in [6, 6.07) is 0.557. The molecule has 1 aliphatic heterocycles. The Morgan fingerprint density at radius 3 is 2.83 bits per heavy atom. The first-order valence-corrected chi connectivity index (χ1v) is 4.05. The van der Waals surface area contributed by atoms with Crippen LogP contribution >= 0.6 is 0 Å². The smallest absolute Gasteiger partial charge is 0.317 e. The van der Waals surface area contributed by atoms with Crippen LogP contribution < -0.4 is 4.90 Å². The first-order valence-electron chi connectivity index (χ1n) is 4.05. The molecule has 1 fully saturated rings. The number of aliphatic hydroxyl groups excluding tert-OH is 1. The van der Waals surface area contributed by atoms with Crippen LogP contribution in [0.4, 0.5) is 6.01 Å². The highest BCUT2D eigenvalue weighted by Gasteiger charge is 2.19. The predicted molar refractivity (Wildman–Crippen MR) is 41.8 cm³/mol. The van der Waals surface area contributed by atoms with Crippen LogP contribution in [-0.2, 0) is 0 Å². The number of hydrogen-bond donors (Lipinski definition) is 1. The van der Waals surface area contributed by atoms with E-state index in [0.717, 1.165) is 25.9 Å². The normalized spacial score (nSPS) is 19.9. The highest BCUT2D eigenvalue weighted by molar-refractivity contribution is 5.23. The van der Waals surface area contributed by atoms with Crippen molar-refractivity contribution in [3.63, 3.8) is 0 Å². The van der Waals surface area contributed by atoms with Gasteiger partial charge in [-0.25, -0.2) is 0 Å². The third kappa shape index (κ3) is 1.40. The molecule has 1 aromatic heterocycles. The molecular weight excluding hydrogens is 158 g/mol. The van der Waals surface area contributed by atoms with Crippen molar-refractivity contribution in [1.82, 2.24) is 10.2 Å². The third-order valence-corrected chi connectivity index (χ3v) is 2.08. The van der Waals surface area contributed by atoms with E-state index in [4.69, 9.17) is 4.42 Å². The lowest BCUT2D eigenvalue weighted by Crippen LogP contribution is -2.35. The average molecular weight is 169 g/mol. The van der Waals surface area contributed by atoms with Crippen molar-refractivity contribution in [1.29, 1.82) is 0 Å². The molecule has 0 aliphatic carbocycles. The Bertz CT molecular complexity index is 229. The molecule has 2 rings (SSSR count). The Kier molecular flexibility index (Phi) is 1.95. The number of anilines is 1. The summed E-state index contributed by atoms with van der Waals surface area (Å²) in [7, 11) is 0. The fourth-order valence-corrected chi connectivity index (χ4v) is 1.36. The van der Waals surface area contributed by atoms with Crippen LogP contribution in [0.15, 0.2) is 10.8 Å². The maximum absolute atomic E-state index is 9.23. The van der Waals surface area contributed by atoms with E-state index in [0.29, 0.717) is 6.01 Å². The van der Waals surface area contributed by atoms with Gasteiger partial charge in [-0.2, -0.15) is 0 Å². The van der Waals surface area contributed by atoms with Crippen molar-refractivity contribution < 1.29 is 9.52 Å². The summed E-state index contributed by atoms with van der Waals surface area (Å²) in [6.45, 7) is 1.59. The van der Waals surface area contributed by atoms with E-state index in [9.17, 15) is 5.11 Å². The van der Waals surface area contributed by atoms with Crippen molar-refractivity contribution in [2.75, 3.05) is 18.0 Å². The number of aromatic nitrogens is 2. The molecule has 2 heterocycles. The zero-order valence-corrected chi connectivity index (χ0v) is 6.68. The molecule has 5 heteroatoms. The van der Waals surface area contributed by atoms with E-state index in [1.807, 2.05) is 4.90 Å². The van der Waals surface area contributed by atoms with E-state index in [2.05, 4.69) is 10.2 Å². The fraction of sp³-hybridized carbons (Fsp3) is 0.714. The number of nitrogens with zero attached hydrogens (tertiary/aromatic N) is 3. The molecule has 12 heavy (non-hydrogen) atoms. The number of piperidine rings is 1. The molecule has 0 spiro atoms. The average Bonchev–Trinajstić information content (AvgIpc) is 2.58. The zero-order chi connectivity index (χ0) is 8.39. The van der Waals surface area contributed by atoms with Crippen molar-refractivity contribution in [3.05, 3.63) is 6.39 Å². The Morgan fingerprint density at radius 1 is 1.50 bits per heavy atom. The van der Waals surface area contributed by atoms with Gasteiger partial charge >= 0.3 is 6.01 Å². The van der Waals surface area contributed by atoms with Crippen LogP contribution in [0.25, 0.3) is 0 Å². The lowest BCUT2D eigenvalue weighted by Gasteiger charge is -2.27. The highest BCUT2D eigenvalue weighted by Crippen LogP contribution is 2.16. The molecule has 0 unspecified atom stereocenters. The van der Waals surface area contributed by atoms with Crippen LogP contribution in [-0.4, -0.2) is 34.5 Å². The van der Waals surface area contributed by atoms with Gasteiger partial charge in [0.2, 0.25) is 6.39 Å². The highest BCUT2D eigenvalue weighted by atomic mass is 16.4. The second-order valence-electron chi connectivity index (χ2n) is 2.94. The molecule has 0 aromatic carbocycles. The maximum Gasteiger partial charge on any atom is 0.317 e. The van der Waals surface area contributed by atoms with Gasteiger partial charge in [-0.3, -0.25) is 0 Å². The van der Waals surface area contributed by atoms with E-state index in [-0.39, 0.29) is 6.10 Å². The Labute approximate surface area is 70.0 Å². The first kappa shape index (κ1) is 7.54. The number of aliphatic hydroxyl groups is 1. The zero-order valence-electron chi connectivity index (χ0n) is 6.68.